The Morgan fingerprint density at radius 3 is 2.51 bits per heavy atom. The number of likely N-dealkylation sites (N-methyl/N-ethyl adjacent to an activating group) is 1. The van der Waals surface area contributed by atoms with E-state index in [-0.39, 0.29) is 11.8 Å². The summed E-state index contributed by atoms with van der Waals surface area (Å²) in [7, 11) is 2.13. The molecule has 3 heterocycles. The average Bonchev–Trinajstić information content (AvgIpc) is 3.50. The van der Waals surface area contributed by atoms with Crippen LogP contribution in [0.2, 0.25) is 0 Å². The molecule has 0 saturated carbocycles. The monoisotopic (exact) mass is 517 g/mol. The highest BCUT2D eigenvalue weighted by Crippen LogP contribution is 2.30. The molecule has 0 atom stereocenters. The number of rotatable bonds is 7. The Kier molecular flexibility index (Phi) is 7.11. The van der Waals surface area contributed by atoms with Crippen LogP contribution in [0.1, 0.15) is 32.5 Å². The van der Waals surface area contributed by atoms with Crippen LogP contribution < -0.4 is 20.7 Å². The molecule has 5 rings (SSSR count). The maximum atomic E-state index is 13.0. The Morgan fingerprint density at radius 1 is 1.05 bits per heavy atom. The van der Waals surface area contributed by atoms with Crippen molar-refractivity contribution >= 4 is 50.6 Å². The maximum Gasteiger partial charge on any atom is 0.279 e. The molecule has 2 aromatic heterocycles. The predicted octanol–water partition coefficient (Wildman–Crippen LogP) is 4.11. The number of aromatic amines is 1. The van der Waals surface area contributed by atoms with Gasteiger partial charge < -0.3 is 15.1 Å². The molecular formula is C27H31N7O2S. The van der Waals surface area contributed by atoms with Gasteiger partial charge in [0.1, 0.15) is 4.83 Å². The van der Waals surface area contributed by atoms with Crippen LogP contribution >= 0.6 is 11.3 Å². The minimum Gasteiger partial charge on any atom is -0.369 e. The molecule has 1 aliphatic rings. The normalized spacial score (nSPS) is 14.1. The molecule has 2 aromatic carbocycles. The molecule has 2 amide bonds. The fraction of sp³-hybridized carbons (Fsp3) is 0.296. The number of hydrazine groups is 1. The van der Waals surface area contributed by atoms with Crippen LogP contribution in [0.4, 0.5) is 17.2 Å². The number of aryl methyl sites for hydroxylation is 1. The van der Waals surface area contributed by atoms with Crippen molar-refractivity contribution in [2.75, 3.05) is 55.0 Å². The second-order valence-corrected chi connectivity index (χ2v) is 10.3. The molecule has 9 nitrogen and oxygen atoms in total. The van der Waals surface area contributed by atoms with Gasteiger partial charge in [0.15, 0.2) is 5.82 Å². The Morgan fingerprint density at radius 2 is 1.81 bits per heavy atom. The van der Waals surface area contributed by atoms with Crippen LogP contribution in [0.25, 0.3) is 10.2 Å². The Bertz CT molecular complexity index is 1400. The van der Waals surface area contributed by atoms with E-state index in [0.717, 1.165) is 47.9 Å². The number of hydrogen-bond acceptors (Lipinski definition) is 7. The first kappa shape index (κ1) is 24.8. The summed E-state index contributed by atoms with van der Waals surface area (Å²) in [6, 6.07) is 17.4. The van der Waals surface area contributed by atoms with E-state index >= 15 is 0 Å². The van der Waals surface area contributed by atoms with Crippen molar-refractivity contribution in [3.8, 4) is 0 Å². The number of anilines is 3. The highest BCUT2D eigenvalue weighted by atomic mass is 32.1. The van der Waals surface area contributed by atoms with Gasteiger partial charge in [0.2, 0.25) is 0 Å². The highest BCUT2D eigenvalue weighted by Gasteiger charge is 2.19. The van der Waals surface area contributed by atoms with Gasteiger partial charge in [0.25, 0.3) is 11.8 Å². The first-order valence-electron chi connectivity index (χ1n) is 12.4. The number of hydrogen-bond donors (Lipinski definition) is 3. The van der Waals surface area contributed by atoms with Crippen molar-refractivity contribution < 1.29 is 9.59 Å². The first-order valence-corrected chi connectivity index (χ1v) is 13.2. The zero-order chi connectivity index (χ0) is 25.9. The summed E-state index contributed by atoms with van der Waals surface area (Å²) in [5.74, 6) is -0.0497. The average molecular weight is 518 g/mol. The Labute approximate surface area is 220 Å². The third kappa shape index (κ3) is 5.45. The van der Waals surface area contributed by atoms with E-state index in [1.165, 1.54) is 11.3 Å². The van der Waals surface area contributed by atoms with Crippen molar-refractivity contribution in [3.63, 3.8) is 0 Å². The number of thiophene rings is 1. The van der Waals surface area contributed by atoms with Crippen LogP contribution in [0.15, 0.2) is 54.6 Å². The zero-order valence-corrected chi connectivity index (χ0v) is 22.1. The van der Waals surface area contributed by atoms with Crippen molar-refractivity contribution in [2.24, 2.45) is 0 Å². The molecule has 1 fully saturated rings. The van der Waals surface area contributed by atoms with Crippen LogP contribution in [-0.2, 0) is 0 Å². The molecule has 1 saturated heterocycles. The SMILES string of the molecule is CCN(NC(=O)c1cc2c(NC(=O)c3ccc(N4CCN(C)CC4)cc3)n[nH]c2s1)c1cccc(C)c1. The molecule has 0 unspecified atom stereocenters. The number of piperazine rings is 1. The number of carbonyl (C=O) groups excluding carboxylic acids is 2. The summed E-state index contributed by atoms with van der Waals surface area (Å²) >= 11 is 1.30. The quantitative estimate of drug-likeness (QED) is 0.319. The van der Waals surface area contributed by atoms with Crippen molar-refractivity contribution in [3.05, 3.63) is 70.6 Å². The number of aromatic nitrogens is 2. The van der Waals surface area contributed by atoms with E-state index in [1.54, 1.807) is 6.07 Å². The summed E-state index contributed by atoms with van der Waals surface area (Å²) in [5.41, 5.74) is 6.69. The van der Waals surface area contributed by atoms with Gasteiger partial charge in [0.05, 0.1) is 16.0 Å². The van der Waals surface area contributed by atoms with Gasteiger partial charge in [-0.2, -0.15) is 5.10 Å². The van der Waals surface area contributed by atoms with Crippen molar-refractivity contribution in [1.82, 2.24) is 20.5 Å². The van der Waals surface area contributed by atoms with E-state index in [9.17, 15) is 9.59 Å². The van der Waals surface area contributed by atoms with E-state index in [1.807, 2.05) is 67.4 Å². The first-order chi connectivity index (χ1) is 17.9. The third-order valence-electron chi connectivity index (χ3n) is 6.58. The van der Waals surface area contributed by atoms with Gasteiger partial charge in [-0.25, -0.2) is 0 Å². The van der Waals surface area contributed by atoms with E-state index in [4.69, 9.17) is 0 Å². The number of nitrogens with zero attached hydrogens (tertiary/aromatic N) is 4. The second-order valence-electron chi connectivity index (χ2n) is 9.24. The minimum absolute atomic E-state index is 0.213. The molecule has 4 aromatic rings. The van der Waals surface area contributed by atoms with Gasteiger partial charge in [0, 0.05) is 44.0 Å². The highest BCUT2D eigenvalue weighted by molar-refractivity contribution is 7.20. The van der Waals surface area contributed by atoms with Gasteiger partial charge in [-0.1, -0.05) is 12.1 Å². The number of carbonyl (C=O) groups is 2. The minimum atomic E-state index is -0.243. The lowest BCUT2D eigenvalue weighted by molar-refractivity contribution is 0.0952. The summed E-state index contributed by atoms with van der Waals surface area (Å²) < 4.78 is 0. The summed E-state index contributed by atoms with van der Waals surface area (Å²) in [4.78, 5) is 31.8. The van der Waals surface area contributed by atoms with Crippen LogP contribution in [0.3, 0.4) is 0 Å². The van der Waals surface area contributed by atoms with Gasteiger partial charge in [-0.15, -0.1) is 11.3 Å². The van der Waals surface area contributed by atoms with E-state index in [2.05, 4.69) is 37.8 Å². The molecular weight excluding hydrogens is 486 g/mol. The largest absolute Gasteiger partial charge is 0.369 e. The number of H-pyrrole nitrogens is 1. The fourth-order valence-corrected chi connectivity index (χ4v) is 5.28. The van der Waals surface area contributed by atoms with E-state index < -0.39 is 0 Å². The fourth-order valence-electron chi connectivity index (χ4n) is 4.39. The van der Waals surface area contributed by atoms with Crippen LogP contribution in [-0.4, -0.2) is 66.7 Å². The predicted molar refractivity (Wildman–Crippen MR) is 150 cm³/mol. The van der Waals surface area contributed by atoms with Gasteiger partial charge >= 0.3 is 0 Å². The lowest BCUT2D eigenvalue weighted by Gasteiger charge is -2.34. The van der Waals surface area contributed by atoms with Crippen molar-refractivity contribution in [2.45, 2.75) is 13.8 Å². The lowest BCUT2D eigenvalue weighted by Crippen LogP contribution is -2.44. The topological polar surface area (TPSA) is 96.6 Å². The number of benzene rings is 2. The molecule has 0 bridgehead atoms. The molecule has 192 valence electrons. The zero-order valence-electron chi connectivity index (χ0n) is 21.2. The summed E-state index contributed by atoms with van der Waals surface area (Å²) in [6.45, 7) is 8.63. The second kappa shape index (κ2) is 10.6. The van der Waals surface area contributed by atoms with Crippen LogP contribution in [0.5, 0.6) is 0 Å². The lowest BCUT2D eigenvalue weighted by atomic mass is 10.1. The third-order valence-corrected chi connectivity index (χ3v) is 7.61. The Hall–Kier alpha value is -3.89. The van der Waals surface area contributed by atoms with Crippen molar-refractivity contribution in [1.29, 1.82) is 0 Å². The van der Waals surface area contributed by atoms with E-state index in [0.29, 0.717) is 28.2 Å². The molecule has 1 aliphatic heterocycles. The van der Waals surface area contributed by atoms with Gasteiger partial charge in [-0.3, -0.25) is 25.1 Å². The number of nitrogens with one attached hydrogen (secondary N) is 3. The van der Waals surface area contributed by atoms with Gasteiger partial charge in [-0.05, 0) is 68.9 Å². The number of fused-ring (bicyclic) bond motifs is 1. The summed E-state index contributed by atoms with van der Waals surface area (Å²) in [6.07, 6.45) is 0. The molecule has 10 heteroatoms. The Balaban J connectivity index is 1.26. The molecule has 37 heavy (non-hydrogen) atoms. The van der Waals surface area contributed by atoms with Crippen LogP contribution in [0, 0.1) is 6.92 Å². The summed E-state index contributed by atoms with van der Waals surface area (Å²) in [5, 5.41) is 12.6. The maximum absolute atomic E-state index is 13.0. The smallest absolute Gasteiger partial charge is 0.279 e. The molecule has 0 aliphatic carbocycles. The molecule has 0 radical (unpaired) electrons. The molecule has 3 N–H and O–H groups in total. The number of amides is 2. The molecule has 0 spiro atoms. The standard InChI is InChI=1S/C27H31N7O2S/c1-4-34(21-7-5-6-18(2)16-21)31-26(36)23-17-22-24(29-30-27(22)37-23)28-25(35)19-8-10-20(11-9-19)33-14-12-32(3)13-15-33/h5-11,16-17H,4,12-15H2,1-3H3,(H,31,36)(H2,28,29,30,35).